The van der Waals surface area contributed by atoms with E-state index in [0.717, 1.165) is 19.6 Å². The number of amides is 1. The lowest BCUT2D eigenvalue weighted by Crippen LogP contribution is -2.52. The highest BCUT2D eigenvalue weighted by molar-refractivity contribution is 5.81. The van der Waals surface area contributed by atoms with Crippen molar-refractivity contribution in [1.29, 1.82) is 0 Å². The Kier molecular flexibility index (Phi) is 6.21. The lowest BCUT2D eigenvalue weighted by atomic mass is 10.1. The molecule has 0 aliphatic carbocycles. The van der Waals surface area contributed by atoms with Crippen molar-refractivity contribution in [3.8, 4) is 5.75 Å². The van der Waals surface area contributed by atoms with Crippen LogP contribution in [0.4, 0.5) is 4.39 Å². The zero-order valence-electron chi connectivity index (χ0n) is 16.2. The molecule has 1 amide bonds. The van der Waals surface area contributed by atoms with Gasteiger partial charge in [0, 0.05) is 25.7 Å². The second-order valence-electron chi connectivity index (χ2n) is 7.41. The van der Waals surface area contributed by atoms with Gasteiger partial charge in [-0.05, 0) is 55.8 Å². The zero-order chi connectivity index (χ0) is 20.1. The van der Waals surface area contributed by atoms with Gasteiger partial charge in [-0.25, -0.2) is 9.82 Å². The van der Waals surface area contributed by atoms with Gasteiger partial charge in [0.15, 0.2) is 0 Å². The van der Waals surface area contributed by atoms with Crippen LogP contribution in [0, 0.1) is 5.82 Å². The molecule has 2 fully saturated rings. The Morgan fingerprint density at radius 2 is 2.10 bits per heavy atom. The lowest BCUT2D eigenvalue weighted by Gasteiger charge is -2.36. The van der Waals surface area contributed by atoms with E-state index in [0.29, 0.717) is 29.9 Å². The highest BCUT2D eigenvalue weighted by atomic mass is 19.1. The normalized spacial score (nSPS) is 20.1. The molecule has 2 aliphatic rings. The number of nitrogens with one attached hydrogen (secondary N) is 1. The predicted octanol–water partition coefficient (Wildman–Crippen LogP) is 2.23. The van der Waals surface area contributed by atoms with Gasteiger partial charge in [-0.15, -0.1) is 0 Å². The van der Waals surface area contributed by atoms with E-state index in [9.17, 15) is 9.18 Å². The Morgan fingerprint density at radius 3 is 2.97 bits per heavy atom. The molecule has 2 aliphatic heterocycles. The summed E-state index contributed by atoms with van der Waals surface area (Å²) in [5.74, 6) is 1.25. The van der Waals surface area contributed by atoms with Crippen molar-refractivity contribution < 1.29 is 18.3 Å². The van der Waals surface area contributed by atoms with Crippen LogP contribution in [0.1, 0.15) is 24.4 Å². The fourth-order valence-corrected chi connectivity index (χ4v) is 3.83. The summed E-state index contributed by atoms with van der Waals surface area (Å²) in [5, 5.41) is 3.98. The fraction of sp³-hybridized carbons (Fsp3) is 0.429. The van der Waals surface area contributed by atoms with Crippen molar-refractivity contribution in [2.24, 2.45) is 5.10 Å². The van der Waals surface area contributed by atoms with Crippen LogP contribution in [0.15, 0.2) is 45.9 Å². The van der Waals surface area contributed by atoms with E-state index in [-0.39, 0.29) is 18.3 Å². The molecule has 1 aromatic carbocycles. The first-order valence-corrected chi connectivity index (χ1v) is 9.91. The van der Waals surface area contributed by atoms with Crippen LogP contribution in [0.25, 0.3) is 0 Å². The number of hydrogen-bond donors (Lipinski definition) is 1. The Balaban J connectivity index is 1.19. The van der Waals surface area contributed by atoms with E-state index >= 15 is 0 Å². The first-order chi connectivity index (χ1) is 14.2. The summed E-state index contributed by atoms with van der Waals surface area (Å²) >= 11 is 0. The van der Waals surface area contributed by atoms with E-state index in [2.05, 4.69) is 20.3 Å². The number of furan rings is 1. The van der Waals surface area contributed by atoms with E-state index in [4.69, 9.17) is 9.15 Å². The molecule has 0 saturated carbocycles. The summed E-state index contributed by atoms with van der Waals surface area (Å²) in [6, 6.07) is 9.91. The number of carbonyl (C=O) groups excluding carboxylic acids is 1. The molecule has 29 heavy (non-hydrogen) atoms. The third kappa shape index (κ3) is 5.42. The number of carbonyl (C=O) groups is 1. The molecule has 0 unspecified atom stereocenters. The summed E-state index contributed by atoms with van der Waals surface area (Å²) in [6.07, 6.45) is 3.95. The molecule has 0 spiro atoms. The largest absolute Gasteiger partial charge is 0.486 e. The van der Waals surface area contributed by atoms with Gasteiger partial charge in [-0.2, -0.15) is 5.10 Å². The summed E-state index contributed by atoms with van der Waals surface area (Å²) in [6.45, 7) is 4.68. The molecule has 0 radical (unpaired) electrons. The highest BCUT2D eigenvalue weighted by Crippen LogP contribution is 2.21. The summed E-state index contributed by atoms with van der Waals surface area (Å²) in [7, 11) is 0. The molecule has 1 N–H and O–H groups in total. The topological polar surface area (TPSA) is 70.3 Å². The maximum atomic E-state index is 12.9. The molecule has 8 heteroatoms. The second-order valence-corrected chi connectivity index (χ2v) is 7.41. The molecule has 3 heterocycles. The standard InChI is InChI=1S/C21H25FN4O3/c22-16-3-5-18(6-4-16)28-15-20-8-7-19(29-20)12-23-24-21(27)14-25-10-11-26-9-1-2-17(26)13-25/h3-8,12,17H,1-2,9-11,13-15H2,(H,24,27)/b23-12+/t17-/m0/s1. The Hall–Kier alpha value is -2.71. The molecule has 1 atom stereocenters. The molecular formula is C21H25FN4O3. The average molecular weight is 400 g/mol. The molecule has 154 valence electrons. The van der Waals surface area contributed by atoms with E-state index in [1.165, 1.54) is 37.7 Å². The van der Waals surface area contributed by atoms with Crippen LogP contribution in [0.5, 0.6) is 5.75 Å². The summed E-state index contributed by atoms with van der Waals surface area (Å²) < 4.78 is 24.0. The van der Waals surface area contributed by atoms with Gasteiger partial charge in [0.05, 0.1) is 12.8 Å². The van der Waals surface area contributed by atoms with Crippen molar-refractivity contribution in [2.45, 2.75) is 25.5 Å². The number of hydrogen-bond acceptors (Lipinski definition) is 6. The monoisotopic (exact) mass is 400 g/mol. The third-order valence-electron chi connectivity index (χ3n) is 5.30. The number of nitrogens with zero attached hydrogens (tertiary/aromatic N) is 3. The lowest BCUT2D eigenvalue weighted by molar-refractivity contribution is -0.122. The Morgan fingerprint density at radius 1 is 1.24 bits per heavy atom. The molecule has 4 rings (SSSR count). The smallest absolute Gasteiger partial charge is 0.254 e. The van der Waals surface area contributed by atoms with Gasteiger partial charge in [0.25, 0.3) is 5.91 Å². The minimum atomic E-state index is -0.309. The summed E-state index contributed by atoms with van der Waals surface area (Å²) in [5.41, 5.74) is 2.56. The number of rotatable bonds is 7. The van der Waals surface area contributed by atoms with Gasteiger partial charge in [0.2, 0.25) is 0 Å². The van der Waals surface area contributed by atoms with Gasteiger partial charge >= 0.3 is 0 Å². The number of piperazine rings is 1. The van der Waals surface area contributed by atoms with Gasteiger partial charge in [0.1, 0.15) is 29.7 Å². The predicted molar refractivity (Wildman–Crippen MR) is 106 cm³/mol. The molecule has 2 saturated heterocycles. The number of ether oxygens (including phenoxy) is 1. The maximum absolute atomic E-state index is 12.9. The maximum Gasteiger partial charge on any atom is 0.254 e. The fourth-order valence-electron chi connectivity index (χ4n) is 3.83. The first kappa shape index (κ1) is 19.6. The molecule has 1 aromatic heterocycles. The van der Waals surface area contributed by atoms with Crippen LogP contribution < -0.4 is 10.2 Å². The van der Waals surface area contributed by atoms with Crippen LogP contribution in [-0.4, -0.2) is 60.7 Å². The van der Waals surface area contributed by atoms with Crippen molar-refractivity contribution in [3.05, 3.63) is 53.7 Å². The van der Waals surface area contributed by atoms with Crippen LogP contribution >= 0.6 is 0 Å². The third-order valence-corrected chi connectivity index (χ3v) is 5.30. The quantitative estimate of drug-likeness (QED) is 0.570. The minimum absolute atomic E-state index is 0.126. The van der Waals surface area contributed by atoms with Gasteiger partial charge in [-0.3, -0.25) is 14.6 Å². The number of fused-ring (bicyclic) bond motifs is 1. The first-order valence-electron chi connectivity index (χ1n) is 9.91. The number of halogens is 1. The van der Waals surface area contributed by atoms with Crippen molar-refractivity contribution in [2.75, 3.05) is 32.7 Å². The number of benzene rings is 1. The average Bonchev–Trinajstić information content (AvgIpc) is 3.36. The van der Waals surface area contributed by atoms with E-state index < -0.39 is 0 Å². The van der Waals surface area contributed by atoms with Crippen molar-refractivity contribution in [3.63, 3.8) is 0 Å². The SMILES string of the molecule is O=C(CN1CCN2CCC[C@H]2C1)N/N=C/c1ccc(COc2ccc(F)cc2)o1. The molecule has 0 bridgehead atoms. The van der Waals surface area contributed by atoms with Crippen LogP contribution in [0.2, 0.25) is 0 Å². The zero-order valence-corrected chi connectivity index (χ0v) is 16.2. The van der Waals surface area contributed by atoms with E-state index in [1.54, 1.807) is 24.3 Å². The number of hydrazone groups is 1. The van der Waals surface area contributed by atoms with Crippen molar-refractivity contribution >= 4 is 12.1 Å². The van der Waals surface area contributed by atoms with Gasteiger partial charge in [-0.1, -0.05) is 0 Å². The van der Waals surface area contributed by atoms with Crippen LogP contribution in [-0.2, 0) is 11.4 Å². The van der Waals surface area contributed by atoms with Crippen LogP contribution in [0.3, 0.4) is 0 Å². The molecular weight excluding hydrogens is 375 g/mol. The van der Waals surface area contributed by atoms with E-state index in [1.807, 2.05) is 0 Å². The Bertz CT molecular complexity index is 852. The second kappa shape index (κ2) is 9.19. The minimum Gasteiger partial charge on any atom is -0.486 e. The highest BCUT2D eigenvalue weighted by Gasteiger charge is 2.30. The van der Waals surface area contributed by atoms with Gasteiger partial charge < -0.3 is 9.15 Å². The molecule has 7 nitrogen and oxygen atoms in total. The summed E-state index contributed by atoms with van der Waals surface area (Å²) in [4.78, 5) is 16.8. The van der Waals surface area contributed by atoms with Crippen molar-refractivity contribution in [1.82, 2.24) is 15.2 Å². The Labute approximate surface area is 169 Å². The molecule has 2 aromatic rings.